The third-order valence-corrected chi connectivity index (χ3v) is 4.37. The fourth-order valence-corrected chi connectivity index (χ4v) is 2.60. The smallest absolute Gasteiger partial charge is 0.231 e. The Labute approximate surface area is 126 Å². The molecule has 0 unspecified atom stereocenters. The van der Waals surface area contributed by atoms with Crippen LogP contribution in [0.1, 0.15) is 46.0 Å². The second kappa shape index (κ2) is 6.03. The lowest BCUT2D eigenvalue weighted by molar-refractivity contribution is 0.567. The highest BCUT2D eigenvalue weighted by molar-refractivity contribution is 5.44. The van der Waals surface area contributed by atoms with Gasteiger partial charge in [0.15, 0.2) is 0 Å². The molecular weight excluding hydrogens is 264 g/mol. The Morgan fingerprint density at radius 2 is 1.67 bits per heavy atom. The van der Waals surface area contributed by atoms with Gasteiger partial charge in [-0.1, -0.05) is 6.92 Å². The maximum absolute atomic E-state index is 4.62. The largest absolute Gasteiger partial charge is 0.354 e. The molecule has 0 atom stereocenters. The van der Waals surface area contributed by atoms with Crippen molar-refractivity contribution in [1.82, 2.24) is 15.0 Å². The summed E-state index contributed by atoms with van der Waals surface area (Å²) < 4.78 is 0. The average Bonchev–Trinajstić information content (AvgIpc) is 3.25. The van der Waals surface area contributed by atoms with Gasteiger partial charge in [-0.15, -0.1) is 0 Å². The van der Waals surface area contributed by atoms with E-state index in [4.69, 9.17) is 0 Å². The minimum Gasteiger partial charge on any atom is -0.354 e. The molecule has 2 fully saturated rings. The van der Waals surface area contributed by atoms with Gasteiger partial charge in [0.2, 0.25) is 17.8 Å². The summed E-state index contributed by atoms with van der Waals surface area (Å²) in [5.74, 6) is 2.19. The molecule has 6 nitrogen and oxygen atoms in total. The first-order chi connectivity index (χ1) is 10.2. The summed E-state index contributed by atoms with van der Waals surface area (Å²) >= 11 is 0. The van der Waals surface area contributed by atoms with E-state index in [-0.39, 0.29) is 0 Å². The number of nitrogens with one attached hydrogen (secondary N) is 2. The molecule has 116 valence electrons. The Morgan fingerprint density at radius 3 is 2.29 bits per heavy atom. The number of aromatic nitrogens is 3. The molecule has 2 N–H and O–H groups in total. The Hall–Kier alpha value is -1.59. The molecule has 21 heavy (non-hydrogen) atoms. The summed E-state index contributed by atoms with van der Waals surface area (Å²) in [7, 11) is 0. The first kappa shape index (κ1) is 14.4. The molecule has 3 rings (SSSR count). The molecule has 0 bridgehead atoms. The zero-order valence-corrected chi connectivity index (χ0v) is 13.2. The van der Waals surface area contributed by atoms with Gasteiger partial charge in [0.05, 0.1) is 0 Å². The van der Waals surface area contributed by atoms with Crippen LogP contribution in [0.4, 0.5) is 17.8 Å². The van der Waals surface area contributed by atoms with Gasteiger partial charge in [0.25, 0.3) is 0 Å². The van der Waals surface area contributed by atoms with Crippen molar-refractivity contribution in [3.05, 3.63) is 0 Å². The van der Waals surface area contributed by atoms with Crippen LogP contribution in [0.15, 0.2) is 0 Å². The summed E-state index contributed by atoms with van der Waals surface area (Å²) in [6, 6.07) is 0. The molecule has 2 aliphatic rings. The molecule has 1 saturated heterocycles. The quantitative estimate of drug-likeness (QED) is 0.839. The van der Waals surface area contributed by atoms with E-state index in [1.54, 1.807) is 0 Å². The van der Waals surface area contributed by atoms with Gasteiger partial charge in [-0.2, -0.15) is 15.0 Å². The van der Waals surface area contributed by atoms with Crippen LogP contribution in [0.25, 0.3) is 0 Å². The van der Waals surface area contributed by atoms with Gasteiger partial charge < -0.3 is 15.5 Å². The Balaban J connectivity index is 1.75. The fraction of sp³-hybridized carbons (Fsp3) is 0.800. The van der Waals surface area contributed by atoms with E-state index >= 15 is 0 Å². The van der Waals surface area contributed by atoms with E-state index < -0.39 is 0 Å². The van der Waals surface area contributed by atoms with E-state index in [9.17, 15) is 0 Å². The molecule has 0 spiro atoms. The number of hydrogen-bond acceptors (Lipinski definition) is 6. The predicted octanol–water partition coefficient (Wildman–Crippen LogP) is 2.51. The number of nitrogens with zero attached hydrogens (tertiary/aromatic N) is 4. The zero-order chi connectivity index (χ0) is 14.7. The number of anilines is 3. The van der Waals surface area contributed by atoms with Crippen LogP contribution in [0.2, 0.25) is 0 Å². The summed E-state index contributed by atoms with van der Waals surface area (Å²) in [5.41, 5.74) is 0.441. The molecule has 0 aromatic carbocycles. The van der Waals surface area contributed by atoms with Crippen LogP contribution >= 0.6 is 0 Å². The third kappa shape index (κ3) is 3.74. The molecule has 1 aromatic rings. The van der Waals surface area contributed by atoms with E-state index in [2.05, 4.69) is 44.3 Å². The van der Waals surface area contributed by atoms with Gasteiger partial charge in [-0.05, 0) is 44.4 Å². The highest BCUT2D eigenvalue weighted by atomic mass is 15.3. The van der Waals surface area contributed by atoms with Crippen LogP contribution in [-0.4, -0.2) is 41.1 Å². The van der Waals surface area contributed by atoms with E-state index in [0.29, 0.717) is 17.3 Å². The van der Waals surface area contributed by atoms with E-state index in [0.717, 1.165) is 32.1 Å². The monoisotopic (exact) mass is 290 g/mol. The molecule has 6 heteroatoms. The number of rotatable bonds is 6. The normalized spacial score (nSPS) is 20.2. The van der Waals surface area contributed by atoms with Crippen LogP contribution in [0.3, 0.4) is 0 Å². The summed E-state index contributed by atoms with van der Waals surface area (Å²) in [6.45, 7) is 8.22. The minimum atomic E-state index is 0.441. The molecule has 0 amide bonds. The molecule has 1 aliphatic heterocycles. The summed E-state index contributed by atoms with van der Waals surface area (Å²) in [4.78, 5) is 15.9. The standard InChI is InChI=1S/C15H26N6/c1-3-16-12-18-13(17-11-15(2)7-8-15)20-14(19-12)21-9-5-4-6-10-21/h3-11H2,1-2H3,(H2,16,17,18,19,20). The molecule has 1 aromatic heterocycles. The number of hydrogen-bond donors (Lipinski definition) is 2. The Morgan fingerprint density at radius 1 is 1.00 bits per heavy atom. The molecular formula is C15H26N6. The molecule has 2 heterocycles. The van der Waals surface area contributed by atoms with Crippen LogP contribution in [0, 0.1) is 5.41 Å². The maximum Gasteiger partial charge on any atom is 0.231 e. The zero-order valence-electron chi connectivity index (χ0n) is 13.2. The first-order valence-corrected chi connectivity index (χ1v) is 8.17. The van der Waals surface area contributed by atoms with Gasteiger partial charge in [-0.25, -0.2) is 0 Å². The van der Waals surface area contributed by atoms with Crippen molar-refractivity contribution in [3.8, 4) is 0 Å². The van der Waals surface area contributed by atoms with Crippen molar-refractivity contribution in [2.24, 2.45) is 5.41 Å². The van der Waals surface area contributed by atoms with Crippen molar-refractivity contribution < 1.29 is 0 Å². The lowest BCUT2D eigenvalue weighted by atomic mass is 10.1. The highest BCUT2D eigenvalue weighted by Gasteiger charge is 2.37. The Bertz CT molecular complexity index is 479. The summed E-state index contributed by atoms with van der Waals surface area (Å²) in [6.07, 6.45) is 6.35. The van der Waals surface area contributed by atoms with Gasteiger partial charge in [0.1, 0.15) is 0 Å². The lowest BCUT2D eigenvalue weighted by Gasteiger charge is -2.27. The first-order valence-electron chi connectivity index (χ1n) is 8.17. The minimum absolute atomic E-state index is 0.441. The highest BCUT2D eigenvalue weighted by Crippen LogP contribution is 2.44. The molecule has 1 saturated carbocycles. The van der Waals surface area contributed by atoms with Crippen molar-refractivity contribution in [2.45, 2.75) is 46.0 Å². The fourth-order valence-electron chi connectivity index (χ4n) is 2.60. The lowest BCUT2D eigenvalue weighted by Crippen LogP contribution is -2.31. The van der Waals surface area contributed by atoms with Crippen molar-refractivity contribution in [2.75, 3.05) is 41.7 Å². The molecule has 1 aliphatic carbocycles. The predicted molar refractivity (Wildman–Crippen MR) is 85.9 cm³/mol. The van der Waals surface area contributed by atoms with Crippen LogP contribution in [0.5, 0.6) is 0 Å². The van der Waals surface area contributed by atoms with Gasteiger partial charge in [-0.3, -0.25) is 0 Å². The van der Waals surface area contributed by atoms with E-state index in [1.165, 1.54) is 32.1 Å². The second-order valence-corrected chi connectivity index (χ2v) is 6.52. The Kier molecular flexibility index (Phi) is 4.12. The molecule has 0 radical (unpaired) electrons. The SMILES string of the molecule is CCNc1nc(NCC2(C)CC2)nc(N2CCCCC2)n1. The van der Waals surface area contributed by atoms with Crippen molar-refractivity contribution in [3.63, 3.8) is 0 Å². The summed E-state index contributed by atoms with van der Waals surface area (Å²) in [5, 5.41) is 6.61. The van der Waals surface area contributed by atoms with Crippen molar-refractivity contribution >= 4 is 17.8 Å². The third-order valence-electron chi connectivity index (χ3n) is 4.37. The maximum atomic E-state index is 4.62. The number of piperidine rings is 1. The second-order valence-electron chi connectivity index (χ2n) is 6.52. The van der Waals surface area contributed by atoms with Gasteiger partial charge in [0, 0.05) is 26.2 Å². The van der Waals surface area contributed by atoms with Crippen molar-refractivity contribution in [1.29, 1.82) is 0 Å². The van der Waals surface area contributed by atoms with E-state index in [1.807, 2.05) is 0 Å². The topological polar surface area (TPSA) is 66.0 Å². The van der Waals surface area contributed by atoms with Crippen LogP contribution in [-0.2, 0) is 0 Å². The average molecular weight is 290 g/mol. The van der Waals surface area contributed by atoms with Gasteiger partial charge >= 0.3 is 0 Å². The van der Waals surface area contributed by atoms with Crippen LogP contribution < -0.4 is 15.5 Å².